The van der Waals surface area contributed by atoms with Crippen molar-refractivity contribution in [3.63, 3.8) is 0 Å². The number of hydrogen-bond donors (Lipinski definition) is 2. The number of phenols is 2. The third kappa shape index (κ3) is 2.03. The smallest absolute Gasteiger partial charge is 0.135 e. The quantitative estimate of drug-likeness (QED) is 0.355. The van der Waals surface area contributed by atoms with E-state index in [4.69, 9.17) is 9.47 Å². The van der Waals surface area contributed by atoms with E-state index in [0.717, 1.165) is 33.8 Å². The molecule has 29 heavy (non-hydrogen) atoms. The zero-order chi connectivity index (χ0) is 19.6. The van der Waals surface area contributed by atoms with Gasteiger partial charge in [-0.05, 0) is 24.3 Å². The molecule has 0 unspecified atom stereocenters. The van der Waals surface area contributed by atoms with Crippen molar-refractivity contribution in [1.82, 2.24) is 0 Å². The van der Waals surface area contributed by atoms with Crippen molar-refractivity contribution in [2.75, 3.05) is 0 Å². The molecule has 0 bridgehead atoms. The first kappa shape index (κ1) is 16.1. The van der Waals surface area contributed by atoms with Crippen LogP contribution in [0, 0.1) is 0 Å². The van der Waals surface area contributed by atoms with Crippen LogP contribution in [0.15, 0.2) is 84.9 Å². The van der Waals surface area contributed by atoms with Gasteiger partial charge in [-0.2, -0.15) is 0 Å². The number of benzene rings is 4. The average molecular weight is 380 g/mol. The summed E-state index contributed by atoms with van der Waals surface area (Å²) in [6, 6.07) is 26.3. The van der Waals surface area contributed by atoms with E-state index in [1.165, 1.54) is 0 Å². The molecule has 140 valence electrons. The van der Waals surface area contributed by atoms with Crippen molar-refractivity contribution in [3.8, 4) is 34.5 Å². The van der Waals surface area contributed by atoms with Crippen LogP contribution in [0.2, 0.25) is 0 Å². The molecule has 2 aliphatic heterocycles. The molecule has 2 N–H and O–H groups in total. The maximum absolute atomic E-state index is 10.1. The van der Waals surface area contributed by atoms with Crippen LogP contribution in [0.5, 0.6) is 34.5 Å². The van der Waals surface area contributed by atoms with Gasteiger partial charge in [0.2, 0.25) is 0 Å². The number of aromatic hydroxyl groups is 2. The summed E-state index contributed by atoms with van der Waals surface area (Å²) in [6.07, 6.45) is 0. The highest BCUT2D eigenvalue weighted by atomic mass is 16.5. The van der Waals surface area contributed by atoms with Gasteiger partial charge in [0.15, 0.2) is 0 Å². The monoisotopic (exact) mass is 380 g/mol. The van der Waals surface area contributed by atoms with E-state index >= 15 is 0 Å². The Hall–Kier alpha value is -3.92. The maximum atomic E-state index is 10.1. The minimum Gasteiger partial charge on any atom is -0.508 e. The van der Waals surface area contributed by atoms with Gasteiger partial charge in [-0.15, -0.1) is 0 Å². The van der Waals surface area contributed by atoms with Crippen molar-refractivity contribution < 1.29 is 19.7 Å². The van der Waals surface area contributed by atoms with Gasteiger partial charge in [0.25, 0.3) is 0 Å². The summed E-state index contributed by atoms with van der Waals surface area (Å²) in [7, 11) is 0. The van der Waals surface area contributed by atoms with Crippen LogP contribution in [-0.4, -0.2) is 10.2 Å². The largest absolute Gasteiger partial charge is 0.508 e. The van der Waals surface area contributed by atoms with Gasteiger partial charge in [-0.25, -0.2) is 0 Å². The topological polar surface area (TPSA) is 58.9 Å². The van der Waals surface area contributed by atoms with E-state index in [9.17, 15) is 10.2 Å². The second kappa shape index (κ2) is 5.55. The van der Waals surface area contributed by atoms with Crippen LogP contribution < -0.4 is 9.47 Å². The third-order valence-electron chi connectivity index (χ3n) is 5.76. The second-order valence-electron chi connectivity index (χ2n) is 7.31. The molecule has 4 heteroatoms. The minimum absolute atomic E-state index is 0.121. The number of hydrogen-bond acceptors (Lipinski definition) is 4. The first-order valence-electron chi connectivity index (χ1n) is 9.39. The van der Waals surface area contributed by atoms with Crippen LogP contribution >= 0.6 is 0 Å². The first-order chi connectivity index (χ1) is 14.2. The highest BCUT2D eigenvalue weighted by Gasteiger charge is 2.50. The second-order valence-corrected chi connectivity index (χ2v) is 7.31. The predicted molar refractivity (Wildman–Crippen MR) is 108 cm³/mol. The van der Waals surface area contributed by atoms with Crippen LogP contribution in [0.3, 0.4) is 0 Å². The number of phenolic OH excluding ortho intramolecular Hbond substituents is 2. The molecule has 0 radical (unpaired) electrons. The van der Waals surface area contributed by atoms with E-state index in [1.54, 1.807) is 24.3 Å². The lowest BCUT2D eigenvalue weighted by atomic mass is 9.62. The van der Waals surface area contributed by atoms with Crippen LogP contribution in [-0.2, 0) is 5.41 Å². The van der Waals surface area contributed by atoms with Crippen molar-refractivity contribution in [1.29, 1.82) is 0 Å². The fourth-order valence-corrected chi connectivity index (χ4v) is 4.65. The number of para-hydroxylation sites is 2. The molecule has 4 nitrogen and oxygen atoms in total. The van der Waals surface area contributed by atoms with E-state index in [-0.39, 0.29) is 11.5 Å². The Morgan fingerprint density at radius 3 is 1.41 bits per heavy atom. The lowest BCUT2D eigenvalue weighted by molar-refractivity contribution is 0.392. The van der Waals surface area contributed by atoms with Gasteiger partial charge >= 0.3 is 0 Å². The molecule has 6 rings (SSSR count). The highest BCUT2D eigenvalue weighted by Crippen LogP contribution is 2.61. The summed E-state index contributed by atoms with van der Waals surface area (Å²) in [5, 5.41) is 20.2. The summed E-state index contributed by atoms with van der Waals surface area (Å²) in [5.74, 6) is 2.88. The Labute approximate surface area is 167 Å². The summed E-state index contributed by atoms with van der Waals surface area (Å²) in [6.45, 7) is 0. The standard InChI is InChI=1S/C25H16O4/c26-15-9-11-19-23(13-15)29-24-14-16(27)10-12-20(24)25(19)17-5-1-3-7-21(17)28-22-8-4-2-6-18(22)25/h1-14,26-27H. The summed E-state index contributed by atoms with van der Waals surface area (Å²) >= 11 is 0. The molecule has 2 heterocycles. The summed E-state index contributed by atoms with van der Waals surface area (Å²) in [4.78, 5) is 0. The number of ether oxygens (including phenoxy) is 2. The molecule has 0 fully saturated rings. The van der Waals surface area contributed by atoms with Crippen molar-refractivity contribution >= 4 is 0 Å². The Morgan fingerprint density at radius 1 is 0.483 bits per heavy atom. The van der Waals surface area contributed by atoms with Crippen molar-refractivity contribution in [2.45, 2.75) is 5.41 Å². The fraction of sp³-hybridized carbons (Fsp3) is 0.0400. The number of rotatable bonds is 0. The van der Waals surface area contributed by atoms with Gasteiger partial charge in [0.1, 0.15) is 34.5 Å². The van der Waals surface area contributed by atoms with E-state index in [1.807, 2.05) is 48.5 Å². The third-order valence-corrected chi connectivity index (χ3v) is 5.76. The van der Waals surface area contributed by atoms with Gasteiger partial charge < -0.3 is 19.7 Å². The van der Waals surface area contributed by atoms with Crippen LogP contribution in [0.4, 0.5) is 0 Å². The molecule has 0 saturated heterocycles. The normalized spacial score (nSPS) is 14.6. The lowest BCUT2D eigenvalue weighted by Gasteiger charge is -2.44. The Balaban J connectivity index is 1.84. The highest BCUT2D eigenvalue weighted by molar-refractivity contribution is 5.75. The average Bonchev–Trinajstić information content (AvgIpc) is 2.73. The molecule has 0 aromatic heterocycles. The van der Waals surface area contributed by atoms with Gasteiger partial charge in [0, 0.05) is 34.4 Å². The molecule has 0 atom stereocenters. The zero-order valence-corrected chi connectivity index (χ0v) is 15.3. The Morgan fingerprint density at radius 2 is 0.897 bits per heavy atom. The predicted octanol–water partition coefficient (Wildman–Crippen LogP) is 5.69. The first-order valence-corrected chi connectivity index (χ1v) is 9.39. The molecule has 0 amide bonds. The van der Waals surface area contributed by atoms with Crippen molar-refractivity contribution in [3.05, 3.63) is 107 Å². The van der Waals surface area contributed by atoms with Gasteiger partial charge in [-0.3, -0.25) is 0 Å². The Kier molecular flexibility index (Phi) is 3.08. The van der Waals surface area contributed by atoms with E-state index in [2.05, 4.69) is 12.1 Å². The molecule has 2 aliphatic rings. The Bertz CT molecular complexity index is 1190. The van der Waals surface area contributed by atoms with E-state index in [0.29, 0.717) is 11.5 Å². The molecule has 4 aromatic rings. The molecule has 0 saturated carbocycles. The van der Waals surface area contributed by atoms with Gasteiger partial charge in [0.05, 0.1) is 5.41 Å². The molecule has 0 aliphatic carbocycles. The minimum atomic E-state index is -0.699. The molecule has 1 spiro atoms. The molecule has 4 aromatic carbocycles. The van der Waals surface area contributed by atoms with Crippen LogP contribution in [0.25, 0.3) is 0 Å². The summed E-state index contributed by atoms with van der Waals surface area (Å²) < 4.78 is 12.4. The molecular weight excluding hydrogens is 364 g/mol. The van der Waals surface area contributed by atoms with Crippen molar-refractivity contribution in [2.24, 2.45) is 0 Å². The van der Waals surface area contributed by atoms with E-state index < -0.39 is 5.41 Å². The molecular formula is C25H16O4. The van der Waals surface area contributed by atoms with Gasteiger partial charge in [-0.1, -0.05) is 48.5 Å². The lowest BCUT2D eigenvalue weighted by Crippen LogP contribution is -2.36. The zero-order valence-electron chi connectivity index (χ0n) is 15.3. The SMILES string of the molecule is Oc1ccc2c(c1)Oc1cc(O)ccc1C21c2ccccc2Oc2ccccc21. The maximum Gasteiger partial charge on any atom is 0.135 e. The number of fused-ring (bicyclic) bond motifs is 8. The van der Waals surface area contributed by atoms with Crippen LogP contribution in [0.1, 0.15) is 22.3 Å². The fourth-order valence-electron chi connectivity index (χ4n) is 4.65. The summed E-state index contributed by atoms with van der Waals surface area (Å²) in [5.41, 5.74) is 3.10.